The largest absolute Gasteiger partial charge is 0.464 e. The first-order chi connectivity index (χ1) is 11.7. The van der Waals surface area contributed by atoms with Gasteiger partial charge in [-0.1, -0.05) is 30.3 Å². The zero-order valence-corrected chi connectivity index (χ0v) is 14.8. The topological polar surface area (TPSA) is 39.4 Å². The van der Waals surface area contributed by atoms with Crippen LogP contribution in [0.25, 0.3) is 21.7 Å². The van der Waals surface area contributed by atoms with Gasteiger partial charge < -0.3 is 9.15 Å². The molecular weight excluding hydrogens is 415 g/mol. The van der Waals surface area contributed by atoms with Crippen LogP contribution in [0.4, 0.5) is 0 Å². The third-order valence-corrected chi connectivity index (χ3v) is 4.64. The molecule has 0 fully saturated rings. The van der Waals surface area contributed by atoms with Crippen molar-refractivity contribution in [2.24, 2.45) is 0 Å². The number of carbonyl (C=O) groups is 1. The predicted molar refractivity (Wildman–Crippen MR) is 102 cm³/mol. The fourth-order valence-electron chi connectivity index (χ4n) is 2.83. The molecular formula is C20H13IO3. The molecule has 0 atom stereocenters. The third-order valence-electron chi connectivity index (χ3n) is 3.92. The molecule has 0 aliphatic rings. The van der Waals surface area contributed by atoms with E-state index in [1.807, 2.05) is 42.5 Å². The first-order valence-corrected chi connectivity index (χ1v) is 8.63. The van der Waals surface area contributed by atoms with Gasteiger partial charge in [-0.3, -0.25) is 4.79 Å². The van der Waals surface area contributed by atoms with Gasteiger partial charge in [0.2, 0.25) is 0 Å². The molecule has 0 saturated carbocycles. The molecule has 0 spiro atoms. The highest BCUT2D eigenvalue weighted by Gasteiger charge is 2.14. The van der Waals surface area contributed by atoms with Crippen molar-refractivity contribution >= 4 is 50.3 Å². The van der Waals surface area contributed by atoms with Crippen molar-refractivity contribution in [1.29, 1.82) is 0 Å². The monoisotopic (exact) mass is 428 g/mol. The summed E-state index contributed by atoms with van der Waals surface area (Å²) in [6.07, 6.45) is 1.82. The second-order valence-electron chi connectivity index (χ2n) is 5.53. The summed E-state index contributed by atoms with van der Waals surface area (Å²) >= 11 is 2.21. The van der Waals surface area contributed by atoms with E-state index in [4.69, 9.17) is 9.15 Å². The molecule has 4 heteroatoms. The minimum absolute atomic E-state index is 0.174. The van der Waals surface area contributed by atoms with Crippen LogP contribution in [0.15, 0.2) is 71.3 Å². The average molecular weight is 428 g/mol. The normalized spacial score (nSPS) is 11.0. The fourth-order valence-corrected chi connectivity index (χ4v) is 3.19. The summed E-state index contributed by atoms with van der Waals surface area (Å²) in [5.74, 6) is 0.255. The highest BCUT2D eigenvalue weighted by molar-refractivity contribution is 14.1. The average Bonchev–Trinajstić information content (AvgIpc) is 3.00. The van der Waals surface area contributed by atoms with Crippen LogP contribution in [0.3, 0.4) is 0 Å². The molecule has 1 heterocycles. The van der Waals surface area contributed by atoms with Gasteiger partial charge in [0.15, 0.2) is 0 Å². The maximum Gasteiger partial charge on any atom is 0.315 e. The van der Waals surface area contributed by atoms with Gasteiger partial charge in [-0.05, 0) is 63.7 Å². The van der Waals surface area contributed by atoms with E-state index in [0.29, 0.717) is 5.75 Å². The molecule has 0 aliphatic heterocycles. The molecule has 0 saturated heterocycles. The van der Waals surface area contributed by atoms with E-state index in [2.05, 4.69) is 28.7 Å². The Hall–Kier alpha value is -2.34. The number of rotatable bonds is 3. The zero-order chi connectivity index (χ0) is 16.5. The molecule has 118 valence electrons. The molecule has 3 nitrogen and oxygen atoms in total. The predicted octanol–water partition coefficient (Wildman–Crippen LogP) is 5.34. The number of halogens is 1. The second-order valence-corrected chi connectivity index (χ2v) is 6.77. The van der Waals surface area contributed by atoms with Crippen LogP contribution >= 0.6 is 22.6 Å². The number of fused-ring (bicyclic) bond motifs is 3. The summed E-state index contributed by atoms with van der Waals surface area (Å²) < 4.78 is 12.1. The van der Waals surface area contributed by atoms with Crippen LogP contribution in [0, 0.1) is 3.57 Å². The Morgan fingerprint density at radius 2 is 1.79 bits per heavy atom. The number of benzene rings is 3. The van der Waals surface area contributed by atoms with E-state index in [-0.39, 0.29) is 12.4 Å². The van der Waals surface area contributed by atoms with E-state index in [1.54, 1.807) is 18.4 Å². The van der Waals surface area contributed by atoms with Gasteiger partial charge in [0.05, 0.1) is 12.7 Å². The zero-order valence-electron chi connectivity index (χ0n) is 12.7. The van der Waals surface area contributed by atoms with Crippen LogP contribution in [-0.2, 0) is 11.2 Å². The molecule has 3 aromatic carbocycles. The molecule has 1 aromatic heterocycles. The highest BCUT2D eigenvalue weighted by atomic mass is 127. The minimum atomic E-state index is -0.299. The first-order valence-electron chi connectivity index (χ1n) is 7.55. The van der Waals surface area contributed by atoms with Crippen LogP contribution in [0.2, 0.25) is 0 Å². The van der Waals surface area contributed by atoms with Gasteiger partial charge in [0.25, 0.3) is 0 Å². The fraction of sp³-hybridized carbons (Fsp3) is 0.0500. The summed E-state index contributed by atoms with van der Waals surface area (Å²) in [6, 6.07) is 19.4. The lowest BCUT2D eigenvalue weighted by Crippen LogP contribution is -2.10. The lowest BCUT2D eigenvalue weighted by atomic mass is 10.0. The molecule has 0 amide bonds. The second kappa shape index (κ2) is 6.28. The summed E-state index contributed by atoms with van der Waals surface area (Å²) in [7, 11) is 0. The van der Waals surface area contributed by atoms with Gasteiger partial charge in [0, 0.05) is 14.5 Å². The maximum absolute atomic E-state index is 12.3. The van der Waals surface area contributed by atoms with E-state index in [0.717, 1.165) is 30.9 Å². The van der Waals surface area contributed by atoms with Crippen LogP contribution in [0.1, 0.15) is 5.56 Å². The number of esters is 1. The van der Waals surface area contributed by atoms with Crippen molar-refractivity contribution in [3.05, 3.63) is 76.1 Å². The lowest BCUT2D eigenvalue weighted by Gasteiger charge is -2.05. The van der Waals surface area contributed by atoms with Crippen molar-refractivity contribution < 1.29 is 13.9 Å². The number of ether oxygens (including phenoxy) is 1. The summed E-state index contributed by atoms with van der Waals surface area (Å²) in [6.45, 7) is 0. The standard InChI is InChI=1S/C20H13IO3/c21-15-6-8-16(9-7-15)24-19(22)11-14-12-23-18-10-5-13-3-1-2-4-17(13)20(14)18/h1-10,12H,11H2. The van der Waals surface area contributed by atoms with Crippen LogP contribution < -0.4 is 4.74 Å². The minimum Gasteiger partial charge on any atom is -0.464 e. The van der Waals surface area contributed by atoms with Crippen molar-refractivity contribution in [2.75, 3.05) is 0 Å². The number of hydrogen-bond acceptors (Lipinski definition) is 3. The third kappa shape index (κ3) is 2.89. The van der Waals surface area contributed by atoms with Gasteiger partial charge in [-0.15, -0.1) is 0 Å². The molecule has 4 aromatic rings. The van der Waals surface area contributed by atoms with Gasteiger partial charge >= 0.3 is 5.97 Å². The van der Waals surface area contributed by atoms with E-state index < -0.39 is 0 Å². The van der Waals surface area contributed by atoms with Crippen molar-refractivity contribution in [3.8, 4) is 5.75 Å². The molecule has 0 aliphatic carbocycles. The van der Waals surface area contributed by atoms with Crippen LogP contribution in [-0.4, -0.2) is 5.97 Å². The smallest absolute Gasteiger partial charge is 0.315 e. The number of hydrogen-bond donors (Lipinski definition) is 0. The molecule has 0 unspecified atom stereocenters. The Balaban J connectivity index is 1.65. The molecule has 0 N–H and O–H groups in total. The van der Waals surface area contributed by atoms with Gasteiger partial charge in [-0.2, -0.15) is 0 Å². The SMILES string of the molecule is O=C(Cc1coc2ccc3ccccc3c12)Oc1ccc(I)cc1. The number of furan rings is 1. The molecule has 24 heavy (non-hydrogen) atoms. The Labute approximate surface area is 152 Å². The molecule has 4 rings (SSSR count). The summed E-state index contributed by atoms with van der Waals surface area (Å²) in [5, 5.41) is 3.19. The quantitative estimate of drug-likeness (QED) is 0.251. The van der Waals surface area contributed by atoms with Gasteiger partial charge in [-0.25, -0.2) is 0 Å². The van der Waals surface area contributed by atoms with Crippen molar-refractivity contribution in [3.63, 3.8) is 0 Å². The van der Waals surface area contributed by atoms with Crippen molar-refractivity contribution in [1.82, 2.24) is 0 Å². The molecule has 0 radical (unpaired) electrons. The summed E-state index contributed by atoms with van der Waals surface area (Å²) in [5.41, 5.74) is 1.63. The van der Waals surface area contributed by atoms with E-state index in [1.165, 1.54) is 0 Å². The Bertz CT molecular complexity index is 1030. The lowest BCUT2D eigenvalue weighted by molar-refractivity contribution is -0.133. The Morgan fingerprint density at radius 3 is 2.62 bits per heavy atom. The Morgan fingerprint density at radius 1 is 1.00 bits per heavy atom. The van der Waals surface area contributed by atoms with E-state index >= 15 is 0 Å². The molecule has 0 bridgehead atoms. The maximum atomic E-state index is 12.3. The Kier molecular flexibility index (Phi) is 3.98. The highest BCUT2D eigenvalue weighted by Crippen LogP contribution is 2.30. The number of carbonyl (C=O) groups excluding carboxylic acids is 1. The van der Waals surface area contributed by atoms with Crippen LogP contribution in [0.5, 0.6) is 5.75 Å². The first kappa shape index (κ1) is 15.2. The van der Waals surface area contributed by atoms with E-state index in [9.17, 15) is 4.79 Å². The summed E-state index contributed by atoms with van der Waals surface area (Å²) in [4.78, 5) is 12.3. The van der Waals surface area contributed by atoms with Crippen molar-refractivity contribution in [2.45, 2.75) is 6.42 Å². The van der Waals surface area contributed by atoms with Gasteiger partial charge in [0.1, 0.15) is 11.3 Å².